The monoisotopic (exact) mass is 289 g/mol. The second-order valence-corrected chi connectivity index (χ2v) is 4.71. The Kier molecular flexibility index (Phi) is 5.37. The van der Waals surface area contributed by atoms with Gasteiger partial charge in [-0.3, -0.25) is 0 Å². The fourth-order valence-electron chi connectivity index (χ4n) is 1.83. The van der Waals surface area contributed by atoms with Crippen LogP contribution < -0.4 is 10.6 Å². The molecule has 0 aliphatic heterocycles. The molecule has 5 heteroatoms. The Balaban J connectivity index is 1.97. The summed E-state index contributed by atoms with van der Waals surface area (Å²) in [6.45, 7) is 5.48. The fourth-order valence-corrected chi connectivity index (χ4v) is 1.83. The molecule has 112 valence electrons. The molecule has 0 radical (unpaired) electrons. The van der Waals surface area contributed by atoms with Crippen molar-refractivity contribution in [1.29, 1.82) is 0 Å². The van der Waals surface area contributed by atoms with Crippen LogP contribution in [0.4, 0.5) is 4.39 Å². The van der Waals surface area contributed by atoms with Gasteiger partial charge < -0.3 is 15.1 Å². The van der Waals surface area contributed by atoms with Gasteiger partial charge in [-0.05, 0) is 43.2 Å². The minimum absolute atomic E-state index is 0.198. The number of hydrogen-bond donors (Lipinski definition) is 2. The highest BCUT2D eigenvalue weighted by molar-refractivity contribution is 5.79. The number of guanidine groups is 1. The van der Waals surface area contributed by atoms with Crippen LogP contribution >= 0.6 is 0 Å². The number of aryl methyl sites for hydroxylation is 1. The van der Waals surface area contributed by atoms with Gasteiger partial charge in [0, 0.05) is 6.54 Å². The van der Waals surface area contributed by atoms with E-state index in [1.807, 2.05) is 25.1 Å². The molecule has 2 N–H and O–H groups in total. The van der Waals surface area contributed by atoms with E-state index in [0.29, 0.717) is 24.6 Å². The maximum absolute atomic E-state index is 13.5. The van der Waals surface area contributed by atoms with E-state index in [2.05, 4.69) is 15.6 Å². The van der Waals surface area contributed by atoms with E-state index in [0.717, 1.165) is 17.9 Å². The summed E-state index contributed by atoms with van der Waals surface area (Å²) < 4.78 is 18.8. The molecule has 0 spiro atoms. The number of nitrogens with one attached hydrogen (secondary N) is 2. The van der Waals surface area contributed by atoms with Crippen molar-refractivity contribution >= 4 is 5.96 Å². The second-order valence-electron chi connectivity index (χ2n) is 4.71. The first-order valence-corrected chi connectivity index (χ1v) is 6.98. The van der Waals surface area contributed by atoms with Crippen LogP contribution in [-0.2, 0) is 13.1 Å². The van der Waals surface area contributed by atoms with Crippen molar-refractivity contribution in [2.24, 2.45) is 4.99 Å². The Bertz CT molecular complexity index is 594. The second kappa shape index (κ2) is 7.47. The van der Waals surface area contributed by atoms with Gasteiger partial charge in [-0.15, -0.1) is 0 Å². The Morgan fingerprint density at radius 1 is 1.29 bits per heavy atom. The molecule has 0 aliphatic rings. The lowest BCUT2D eigenvalue weighted by Crippen LogP contribution is -2.36. The van der Waals surface area contributed by atoms with Crippen molar-refractivity contribution in [1.82, 2.24) is 10.6 Å². The molecule has 21 heavy (non-hydrogen) atoms. The molecule has 0 atom stereocenters. The Hall–Kier alpha value is -2.30. The predicted octanol–water partition coefficient (Wildman–Crippen LogP) is 2.98. The third-order valence-electron chi connectivity index (χ3n) is 3.01. The zero-order chi connectivity index (χ0) is 15.1. The van der Waals surface area contributed by atoms with E-state index in [1.165, 1.54) is 6.07 Å². The van der Waals surface area contributed by atoms with Crippen molar-refractivity contribution < 1.29 is 8.81 Å². The number of nitrogens with zero attached hydrogens (tertiary/aromatic N) is 1. The topological polar surface area (TPSA) is 49.6 Å². The van der Waals surface area contributed by atoms with Gasteiger partial charge in [-0.2, -0.15) is 0 Å². The van der Waals surface area contributed by atoms with Gasteiger partial charge >= 0.3 is 0 Å². The molecular weight excluding hydrogens is 269 g/mol. The van der Waals surface area contributed by atoms with E-state index in [-0.39, 0.29) is 5.82 Å². The Morgan fingerprint density at radius 2 is 2.14 bits per heavy atom. The summed E-state index contributed by atoms with van der Waals surface area (Å²) in [5.41, 5.74) is 1.49. The summed E-state index contributed by atoms with van der Waals surface area (Å²) in [5, 5.41) is 6.32. The molecule has 0 aliphatic carbocycles. The molecule has 0 saturated heterocycles. The highest BCUT2D eigenvalue weighted by Gasteiger charge is 2.02. The van der Waals surface area contributed by atoms with Gasteiger partial charge in [0.25, 0.3) is 0 Å². The molecule has 1 aromatic heterocycles. The predicted molar refractivity (Wildman–Crippen MR) is 81.5 cm³/mol. The molecule has 0 unspecified atom stereocenters. The minimum Gasteiger partial charge on any atom is -0.467 e. The number of hydrogen-bond acceptors (Lipinski definition) is 2. The molecular formula is C16H20FN3O. The molecule has 2 rings (SSSR count). The van der Waals surface area contributed by atoms with Crippen LogP contribution in [0.3, 0.4) is 0 Å². The lowest BCUT2D eigenvalue weighted by Gasteiger charge is -2.10. The summed E-state index contributed by atoms with van der Waals surface area (Å²) in [6.07, 6.45) is 1.64. The van der Waals surface area contributed by atoms with Crippen LogP contribution in [0.15, 0.2) is 46.0 Å². The normalized spacial score (nSPS) is 11.5. The number of aliphatic imine (C=N–C) groups is 1. The van der Waals surface area contributed by atoms with E-state index in [9.17, 15) is 4.39 Å². The number of furan rings is 1. The van der Waals surface area contributed by atoms with Crippen LogP contribution in [0.1, 0.15) is 23.8 Å². The highest BCUT2D eigenvalue weighted by Crippen LogP contribution is 2.10. The van der Waals surface area contributed by atoms with Crippen molar-refractivity contribution in [2.45, 2.75) is 26.9 Å². The summed E-state index contributed by atoms with van der Waals surface area (Å²) in [7, 11) is 0. The summed E-state index contributed by atoms with van der Waals surface area (Å²) in [4.78, 5) is 4.44. The first-order valence-electron chi connectivity index (χ1n) is 6.98. The Morgan fingerprint density at radius 3 is 2.81 bits per heavy atom. The SMILES string of the molecule is CCNC(=NCc1ccc(C)c(F)c1)NCc1ccco1. The average molecular weight is 289 g/mol. The standard InChI is InChI=1S/C16H20FN3O/c1-3-18-16(20-11-14-5-4-8-21-14)19-10-13-7-6-12(2)15(17)9-13/h4-9H,3,10-11H2,1-2H3,(H2,18,19,20). The third kappa shape index (κ3) is 4.63. The van der Waals surface area contributed by atoms with Crippen molar-refractivity contribution in [3.05, 3.63) is 59.3 Å². The zero-order valence-electron chi connectivity index (χ0n) is 12.3. The van der Waals surface area contributed by atoms with Crippen LogP contribution in [0.25, 0.3) is 0 Å². The van der Waals surface area contributed by atoms with E-state index in [4.69, 9.17) is 4.42 Å². The first kappa shape index (κ1) is 15.1. The van der Waals surface area contributed by atoms with Crippen molar-refractivity contribution in [3.63, 3.8) is 0 Å². The molecule has 1 heterocycles. The van der Waals surface area contributed by atoms with Crippen LogP contribution in [0.5, 0.6) is 0 Å². The van der Waals surface area contributed by atoms with Gasteiger partial charge in [0.05, 0.1) is 19.4 Å². The minimum atomic E-state index is -0.198. The maximum atomic E-state index is 13.5. The first-order chi connectivity index (χ1) is 10.2. The fraction of sp³-hybridized carbons (Fsp3) is 0.312. The lowest BCUT2D eigenvalue weighted by molar-refractivity contribution is 0.501. The van der Waals surface area contributed by atoms with Crippen molar-refractivity contribution in [2.75, 3.05) is 6.54 Å². The molecule has 4 nitrogen and oxygen atoms in total. The number of benzene rings is 1. The summed E-state index contributed by atoms with van der Waals surface area (Å²) >= 11 is 0. The van der Waals surface area contributed by atoms with Gasteiger partial charge in [-0.1, -0.05) is 12.1 Å². The van der Waals surface area contributed by atoms with Gasteiger partial charge in [0.2, 0.25) is 0 Å². The van der Waals surface area contributed by atoms with Gasteiger partial charge in [0.15, 0.2) is 5.96 Å². The number of halogens is 1. The average Bonchev–Trinajstić information content (AvgIpc) is 2.99. The smallest absolute Gasteiger partial charge is 0.191 e. The molecule has 0 fully saturated rings. The molecule has 0 amide bonds. The lowest BCUT2D eigenvalue weighted by atomic mass is 10.1. The number of rotatable bonds is 5. The van der Waals surface area contributed by atoms with E-state index < -0.39 is 0 Å². The van der Waals surface area contributed by atoms with Crippen LogP contribution in [-0.4, -0.2) is 12.5 Å². The van der Waals surface area contributed by atoms with Crippen LogP contribution in [0, 0.1) is 12.7 Å². The highest BCUT2D eigenvalue weighted by atomic mass is 19.1. The summed E-state index contributed by atoms with van der Waals surface area (Å²) in [6, 6.07) is 8.92. The van der Waals surface area contributed by atoms with E-state index >= 15 is 0 Å². The molecule has 0 saturated carbocycles. The molecule has 1 aromatic carbocycles. The molecule has 2 aromatic rings. The zero-order valence-corrected chi connectivity index (χ0v) is 12.3. The summed E-state index contributed by atoms with van der Waals surface area (Å²) in [5.74, 6) is 1.31. The molecule has 0 bridgehead atoms. The maximum Gasteiger partial charge on any atom is 0.191 e. The quantitative estimate of drug-likeness (QED) is 0.657. The van der Waals surface area contributed by atoms with Gasteiger partial charge in [-0.25, -0.2) is 9.38 Å². The largest absolute Gasteiger partial charge is 0.467 e. The van der Waals surface area contributed by atoms with Gasteiger partial charge in [0.1, 0.15) is 11.6 Å². The van der Waals surface area contributed by atoms with E-state index in [1.54, 1.807) is 19.3 Å². The van der Waals surface area contributed by atoms with Crippen LogP contribution in [0.2, 0.25) is 0 Å². The third-order valence-corrected chi connectivity index (χ3v) is 3.01. The Labute approximate surface area is 124 Å². The van der Waals surface area contributed by atoms with Crippen molar-refractivity contribution in [3.8, 4) is 0 Å².